The molecule has 17 heavy (non-hydrogen) atoms. The molecule has 1 unspecified atom stereocenters. The molecule has 0 aromatic heterocycles. The minimum Gasteiger partial charge on any atom is -0.388 e. The molecule has 0 heterocycles. The molecular formula is C14H12BrFO. The van der Waals surface area contributed by atoms with Crippen LogP contribution in [0.1, 0.15) is 17.2 Å². The van der Waals surface area contributed by atoms with E-state index in [0.29, 0.717) is 12.0 Å². The molecule has 0 spiro atoms. The minimum absolute atomic E-state index is 0.322. The molecule has 0 aliphatic rings. The number of aliphatic hydroxyl groups is 1. The summed E-state index contributed by atoms with van der Waals surface area (Å²) in [6, 6.07) is 14.1. The summed E-state index contributed by atoms with van der Waals surface area (Å²) in [7, 11) is 0. The van der Waals surface area contributed by atoms with E-state index in [4.69, 9.17) is 0 Å². The average molecular weight is 295 g/mol. The summed E-state index contributed by atoms with van der Waals surface area (Å²) in [5.41, 5.74) is 1.31. The zero-order chi connectivity index (χ0) is 12.3. The number of hydrogen-bond acceptors (Lipinski definition) is 1. The summed E-state index contributed by atoms with van der Waals surface area (Å²) >= 11 is 3.27. The van der Waals surface area contributed by atoms with Gasteiger partial charge < -0.3 is 5.11 Å². The lowest BCUT2D eigenvalue weighted by molar-refractivity contribution is 0.173. The fourth-order valence-corrected chi connectivity index (χ4v) is 2.10. The Morgan fingerprint density at radius 2 is 1.82 bits per heavy atom. The molecule has 0 amide bonds. The molecule has 0 radical (unpaired) electrons. The highest BCUT2D eigenvalue weighted by Crippen LogP contribution is 2.24. The number of aliphatic hydroxyl groups excluding tert-OH is 1. The standard InChI is InChI=1S/C14H12BrFO/c15-11-6-7-13(16)12(9-11)14(17)8-10-4-2-1-3-5-10/h1-7,9,14,17H,8H2. The predicted molar refractivity (Wildman–Crippen MR) is 69.2 cm³/mol. The molecular weight excluding hydrogens is 283 g/mol. The van der Waals surface area contributed by atoms with Gasteiger partial charge in [0.15, 0.2) is 0 Å². The Kier molecular flexibility index (Phi) is 3.92. The maximum absolute atomic E-state index is 13.5. The van der Waals surface area contributed by atoms with Gasteiger partial charge in [0.25, 0.3) is 0 Å². The first-order valence-electron chi connectivity index (χ1n) is 5.34. The van der Waals surface area contributed by atoms with Crippen molar-refractivity contribution in [2.45, 2.75) is 12.5 Å². The van der Waals surface area contributed by atoms with Crippen molar-refractivity contribution in [3.63, 3.8) is 0 Å². The molecule has 3 heteroatoms. The quantitative estimate of drug-likeness (QED) is 0.911. The van der Waals surface area contributed by atoms with Gasteiger partial charge in [-0.25, -0.2) is 4.39 Å². The van der Waals surface area contributed by atoms with Crippen LogP contribution in [0.4, 0.5) is 4.39 Å². The minimum atomic E-state index is -0.824. The largest absolute Gasteiger partial charge is 0.388 e. The zero-order valence-electron chi connectivity index (χ0n) is 9.11. The summed E-state index contributed by atoms with van der Waals surface area (Å²) in [6.07, 6.45) is -0.413. The van der Waals surface area contributed by atoms with Crippen LogP contribution in [-0.4, -0.2) is 5.11 Å². The SMILES string of the molecule is OC(Cc1ccccc1)c1cc(Br)ccc1F. The first kappa shape index (κ1) is 12.3. The van der Waals surface area contributed by atoms with Crippen molar-refractivity contribution in [3.05, 3.63) is 69.9 Å². The Bertz CT molecular complexity index is 499. The van der Waals surface area contributed by atoms with E-state index in [1.807, 2.05) is 30.3 Å². The third-order valence-corrected chi connectivity index (χ3v) is 3.08. The van der Waals surface area contributed by atoms with E-state index in [-0.39, 0.29) is 5.82 Å². The van der Waals surface area contributed by atoms with Crippen LogP contribution in [0.15, 0.2) is 53.0 Å². The lowest BCUT2D eigenvalue weighted by Gasteiger charge is -2.12. The Morgan fingerprint density at radius 3 is 2.53 bits per heavy atom. The van der Waals surface area contributed by atoms with Gasteiger partial charge in [-0.05, 0) is 23.8 Å². The maximum atomic E-state index is 13.5. The topological polar surface area (TPSA) is 20.2 Å². The predicted octanol–water partition coefficient (Wildman–Crippen LogP) is 3.86. The van der Waals surface area contributed by atoms with Crippen molar-refractivity contribution < 1.29 is 9.50 Å². The van der Waals surface area contributed by atoms with Gasteiger partial charge in [0, 0.05) is 16.5 Å². The highest BCUT2D eigenvalue weighted by atomic mass is 79.9. The van der Waals surface area contributed by atoms with Crippen LogP contribution in [0.2, 0.25) is 0 Å². The van der Waals surface area contributed by atoms with Crippen LogP contribution in [0.5, 0.6) is 0 Å². The smallest absolute Gasteiger partial charge is 0.129 e. The van der Waals surface area contributed by atoms with Gasteiger partial charge in [-0.15, -0.1) is 0 Å². The van der Waals surface area contributed by atoms with Crippen molar-refractivity contribution in [3.8, 4) is 0 Å². The Labute approximate surface area is 108 Å². The highest BCUT2D eigenvalue weighted by molar-refractivity contribution is 9.10. The van der Waals surface area contributed by atoms with Crippen LogP contribution in [0, 0.1) is 5.82 Å². The molecule has 1 N–H and O–H groups in total. The van der Waals surface area contributed by atoms with Gasteiger partial charge in [0.2, 0.25) is 0 Å². The number of halogens is 2. The van der Waals surface area contributed by atoms with Crippen molar-refractivity contribution >= 4 is 15.9 Å². The van der Waals surface area contributed by atoms with Gasteiger partial charge in [0.1, 0.15) is 5.82 Å². The summed E-state index contributed by atoms with van der Waals surface area (Å²) in [4.78, 5) is 0. The summed E-state index contributed by atoms with van der Waals surface area (Å²) in [6.45, 7) is 0. The van der Waals surface area contributed by atoms with Gasteiger partial charge in [-0.2, -0.15) is 0 Å². The number of benzene rings is 2. The fraction of sp³-hybridized carbons (Fsp3) is 0.143. The molecule has 0 aliphatic heterocycles. The first-order chi connectivity index (χ1) is 8.16. The van der Waals surface area contributed by atoms with E-state index >= 15 is 0 Å². The van der Waals surface area contributed by atoms with Crippen molar-refractivity contribution in [1.82, 2.24) is 0 Å². The second-order valence-corrected chi connectivity index (χ2v) is 4.79. The highest BCUT2D eigenvalue weighted by Gasteiger charge is 2.13. The van der Waals surface area contributed by atoms with E-state index in [9.17, 15) is 9.50 Å². The molecule has 2 rings (SSSR count). The zero-order valence-corrected chi connectivity index (χ0v) is 10.7. The van der Waals surface area contributed by atoms with Gasteiger partial charge in [-0.1, -0.05) is 46.3 Å². The lowest BCUT2D eigenvalue weighted by atomic mass is 10.0. The number of hydrogen-bond donors (Lipinski definition) is 1. The molecule has 0 saturated carbocycles. The van der Waals surface area contributed by atoms with Gasteiger partial charge >= 0.3 is 0 Å². The Balaban J connectivity index is 2.20. The lowest BCUT2D eigenvalue weighted by Crippen LogP contribution is -2.04. The van der Waals surface area contributed by atoms with Crippen molar-refractivity contribution in [2.75, 3.05) is 0 Å². The first-order valence-corrected chi connectivity index (χ1v) is 6.13. The number of rotatable bonds is 3. The van der Waals surface area contributed by atoms with Crippen LogP contribution >= 0.6 is 15.9 Å². The second kappa shape index (κ2) is 5.43. The molecule has 0 fully saturated rings. The third-order valence-electron chi connectivity index (χ3n) is 2.59. The Hall–Kier alpha value is -1.19. The van der Waals surface area contributed by atoms with E-state index in [1.165, 1.54) is 6.07 Å². The van der Waals surface area contributed by atoms with Crippen molar-refractivity contribution in [2.24, 2.45) is 0 Å². The van der Waals surface area contributed by atoms with Crippen LogP contribution < -0.4 is 0 Å². The van der Waals surface area contributed by atoms with E-state index < -0.39 is 6.10 Å². The van der Waals surface area contributed by atoms with Gasteiger partial charge in [-0.3, -0.25) is 0 Å². The fourth-order valence-electron chi connectivity index (χ4n) is 1.72. The van der Waals surface area contributed by atoms with E-state index in [2.05, 4.69) is 15.9 Å². The maximum Gasteiger partial charge on any atom is 0.129 e. The molecule has 88 valence electrons. The van der Waals surface area contributed by atoms with E-state index in [1.54, 1.807) is 12.1 Å². The van der Waals surface area contributed by atoms with Crippen LogP contribution in [0.25, 0.3) is 0 Å². The van der Waals surface area contributed by atoms with E-state index in [0.717, 1.165) is 10.0 Å². The third kappa shape index (κ3) is 3.14. The normalized spacial score (nSPS) is 12.4. The molecule has 0 bridgehead atoms. The molecule has 1 atom stereocenters. The summed E-state index contributed by atoms with van der Waals surface area (Å²) in [5.74, 6) is -0.378. The Morgan fingerprint density at radius 1 is 1.12 bits per heavy atom. The molecule has 1 nitrogen and oxygen atoms in total. The molecule has 2 aromatic carbocycles. The molecule has 2 aromatic rings. The molecule has 0 aliphatic carbocycles. The average Bonchev–Trinajstić information content (AvgIpc) is 2.33. The summed E-state index contributed by atoms with van der Waals surface area (Å²) < 4.78 is 14.3. The van der Waals surface area contributed by atoms with Crippen LogP contribution in [0.3, 0.4) is 0 Å². The summed E-state index contributed by atoms with van der Waals surface area (Å²) in [5, 5.41) is 10.0. The molecule has 0 saturated heterocycles. The second-order valence-electron chi connectivity index (χ2n) is 3.87. The van der Waals surface area contributed by atoms with Gasteiger partial charge in [0.05, 0.1) is 6.10 Å². The van der Waals surface area contributed by atoms with Crippen molar-refractivity contribution in [1.29, 1.82) is 0 Å². The van der Waals surface area contributed by atoms with Crippen LogP contribution in [-0.2, 0) is 6.42 Å². The monoisotopic (exact) mass is 294 g/mol.